The lowest BCUT2D eigenvalue weighted by Crippen LogP contribution is -2.20. The smallest absolute Gasteiger partial charge is 0.142 e. The maximum atomic E-state index is 5.83. The van der Waals surface area contributed by atoms with Crippen LogP contribution in [0.25, 0.3) is 0 Å². The van der Waals surface area contributed by atoms with Crippen LogP contribution in [0.2, 0.25) is 0 Å². The molecule has 2 rings (SSSR count). The first-order valence-electron chi connectivity index (χ1n) is 6.92. The maximum absolute atomic E-state index is 5.83. The molecule has 2 aromatic rings. The van der Waals surface area contributed by atoms with Crippen LogP contribution in [0.5, 0.6) is 5.75 Å². The number of nitrogens with two attached hydrogens (primary N) is 1. The van der Waals surface area contributed by atoms with Gasteiger partial charge in [0.1, 0.15) is 5.75 Å². The van der Waals surface area contributed by atoms with Gasteiger partial charge in [0.05, 0.1) is 12.3 Å². The van der Waals surface area contributed by atoms with Gasteiger partial charge in [-0.2, -0.15) is 0 Å². The van der Waals surface area contributed by atoms with Crippen molar-refractivity contribution in [2.24, 2.45) is 0 Å². The molecule has 0 heterocycles. The molecule has 2 N–H and O–H groups in total. The van der Waals surface area contributed by atoms with Gasteiger partial charge in [0.2, 0.25) is 0 Å². The molecule has 2 aromatic carbocycles. The summed E-state index contributed by atoms with van der Waals surface area (Å²) in [4.78, 5) is 2.23. The van der Waals surface area contributed by atoms with Crippen LogP contribution in [0.3, 0.4) is 0 Å². The number of ether oxygens (including phenoxy) is 1. The van der Waals surface area contributed by atoms with Crippen molar-refractivity contribution < 1.29 is 4.74 Å². The molecular formula is C17H22N2O. The highest BCUT2D eigenvalue weighted by molar-refractivity contribution is 5.51. The molecule has 0 aliphatic heterocycles. The Morgan fingerprint density at radius 3 is 2.45 bits per heavy atom. The van der Waals surface area contributed by atoms with E-state index in [9.17, 15) is 0 Å². The summed E-state index contributed by atoms with van der Waals surface area (Å²) < 4.78 is 5.69. The van der Waals surface area contributed by atoms with Crippen LogP contribution in [0.4, 0.5) is 11.4 Å². The van der Waals surface area contributed by atoms with Crippen molar-refractivity contribution in [3.8, 4) is 5.75 Å². The minimum Gasteiger partial charge on any atom is -0.491 e. The van der Waals surface area contributed by atoms with Crippen molar-refractivity contribution >= 4 is 11.4 Å². The number of benzene rings is 2. The van der Waals surface area contributed by atoms with Crippen LogP contribution in [-0.2, 0) is 0 Å². The molecule has 106 valence electrons. The highest BCUT2D eigenvalue weighted by Gasteiger charge is 2.02. The van der Waals surface area contributed by atoms with Gasteiger partial charge >= 0.3 is 0 Å². The van der Waals surface area contributed by atoms with Gasteiger partial charge in [0.15, 0.2) is 0 Å². The Balaban J connectivity index is 1.76. The number of nitrogen functional groups attached to an aromatic ring is 1. The summed E-state index contributed by atoms with van der Waals surface area (Å²) in [5.41, 5.74) is 9.04. The van der Waals surface area contributed by atoms with Crippen molar-refractivity contribution in [2.75, 3.05) is 30.8 Å². The van der Waals surface area contributed by atoms with Crippen molar-refractivity contribution in [3.63, 3.8) is 0 Å². The van der Waals surface area contributed by atoms with Crippen LogP contribution in [0.1, 0.15) is 12.0 Å². The molecule has 0 aliphatic carbocycles. The van der Waals surface area contributed by atoms with Crippen LogP contribution in [0.15, 0.2) is 48.5 Å². The Kier molecular flexibility index (Phi) is 4.88. The third-order valence-corrected chi connectivity index (χ3v) is 3.29. The van der Waals surface area contributed by atoms with Gasteiger partial charge in [-0.15, -0.1) is 0 Å². The summed E-state index contributed by atoms with van der Waals surface area (Å²) >= 11 is 0. The van der Waals surface area contributed by atoms with E-state index < -0.39 is 0 Å². The Labute approximate surface area is 121 Å². The van der Waals surface area contributed by atoms with Crippen LogP contribution in [-0.4, -0.2) is 20.2 Å². The largest absolute Gasteiger partial charge is 0.491 e. The summed E-state index contributed by atoms with van der Waals surface area (Å²) in [6.07, 6.45) is 0.957. The summed E-state index contributed by atoms with van der Waals surface area (Å²) in [6, 6.07) is 16.2. The number of rotatable bonds is 6. The number of nitrogens with zero attached hydrogens (tertiary/aromatic N) is 1. The Morgan fingerprint density at radius 1 is 1.05 bits per heavy atom. The fraction of sp³-hybridized carbons (Fsp3) is 0.294. The normalized spacial score (nSPS) is 10.3. The average Bonchev–Trinajstić information content (AvgIpc) is 2.46. The zero-order chi connectivity index (χ0) is 14.4. The standard InChI is InChI=1S/C17H22N2O/c1-14-8-10-15(11-9-14)19(2)12-5-13-20-17-7-4-3-6-16(17)18/h3-4,6-11H,5,12-13,18H2,1-2H3. The summed E-state index contributed by atoms with van der Waals surface area (Å²) in [5, 5.41) is 0. The van der Waals surface area contributed by atoms with Crippen molar-refractivity contribution in [3.05, 3.63) is 54.1 Å². The first kappa shape index (κ1) is 14.3. The molecule has 3 heteroatoms. The molecule has 20 heavy (non-hydrogen) atoms. The second-order valence-corrected chi connectivity index (χ2v) is 5.00. The summed E-state index contributed by atoms with van der Waals surface area (Å²) in [6.45, 7) is 3.72. The molecule has 0 bridgehead atoms. The van der Waals surface area contributed by atoms with Gasteiger partial charge in [-0.1, -0.05) is 29.8 Å². The van der Waals surface area contributed by atoms with E-state index in [1.54, 1.807) is 0 Å². The lowest BCUT2D eigenvalue weighted by Gasteiger charge is -2.19. The molecule has 0 unspecified atom stereocenters. The summed E-state index contributed by atoms with van der Waals surface area (Å²) in [5.74, 6) is 0.769. The monoisotopic (exact) mass is 270 g/mol. The van der Waals surface area contributed by atoms with Crippen molar-refractivity contribution in [2.45, 2.75) is 13.3 Å². The third-order valence-electron chi connectivity index (χ3n) is 3.29. The number of hydrogen-bond acceptors (Lipinski definition) is 3. The molecule has 0 atom stereocenters. The maximum Gasteiger partial charge on any atom is 0.142 e. The zero-order valence-electron chi connectivity index (χ0n) is 12.2. The quantitative estimate of drug-likeness (QED) is 0.645. The molecule has 0 aromatic heterocycles. The lowest BCUT2D eigenvalue weighted by molar-refractivity contribution is 0.314. The van der Waals surface area contributed by atoms with E-state index in [2.05, 4.69) is 43.1 Å². The number of hydrogen-bond donors (Lipinski definition) is 1. The Bertz CT molecular complexity index is 537. The molecule has 0 spiro atoms. The van der Waals surface area contributed by atoms with Gasteiger partial charge in [-0.3, -0.25) is 0 Å². The van der Waals surface area contributed by atoms with Crippen LogP contribution in [0, 0.1) is 6.92 Å². The number of anilines is 2. The van der Waals surface area contributed by atoms with Crippen LogP contribution < -0.4 is 15.4 Å². The van der Waals surface area contributed by atoms with E-state index in [0.29, 0.717) is 12.3 Å². The molecule has 0 fully saturated rings. The zero-order valence-corrected chi connectivity index (χ0v) is 12.2. The predicted molar refractivity (Wildman–Crippen MR) is 85.4 cm³/mol. The van der Waals surface area contributed by atoms with Crippen molar-refractivity contribution in [1.82, 2.24) is 0 Å². The fourth-order valence-corrected chi connectivity index (χ4v) is 2.02. The SMILES string of the molecule is Cc1ccc(N(C)CCCOc2ccccc2N)cc1. The Hall–Kier alpha value is -2.16. The predicted octanol–water partition coefficient (Wildman–Crippen LogP) is 3.48. The average molecular weight is 270 g/mol. The van der Waals surface area contributed by atoms with E-state index in [0.717, 1.165) is 18.7 Å². The lowest BCUT2D eigenvalue weighted by atomic mass is 10.2. The minimum absolute atomic E-state index is 0.671. The minimum atomic E-state index is 0.671. The molecule has 0 radical (unpaired) electrons. The number of aryl methyl sites for hydroxylation is 1. The van der Waals surface area contributed by atoms with Gasteiger partial charge in [0.25, 0.3) is 0 Å². The van der Waals surface area contributed by atoms with E-state index in [-0.39, 0.29) is 0 Å². The van der Waals surface area contributed by atoms with E-state index >= 15 is 0 Å². The second kappa shape index (κ2) is 6.85. The second-order valence-electron chi connectivity index (χ2n) is 5.00. The first-order valence-corrected chi connectivity index (χ1v) is 6.92. The van der Waals surface area contributed by atoms with Crippen LogP contribution >= 0.6 is 0 Å². The van der Waals surface area contributed by atoms with Gasteiger partial charge in [-0.25, -0.2) is 0 Å². The van der Waals surface area contributed by atoms with Gasteiger partial charge in [0, 0.05) is 19.3 Å². The molecular weight excluding hydrogens is 248 g/mol. The summed E-state index contributed by atoms with van der Waals surface area (Å²) in [7, 11) is 2.10. The molecule has 0 saturated carbocycles. The molecule has 0 amide bonds. The van der Waals surface area contributed by atoms with Crippen molar-refractivity contribution in [1.29, 1.82) is 0 Å². The number of para-hydroxylation sites is 2. The molecule has 0 saturated heterocycles. The molecule has 0 aliphatic rings. The van der Waals surface area contributed by atoms with E-state index in [1.165, 1.54) is 11.3 Å². The van der Waals surface area contributed by atoms with Gasteiger partial charge < -0.3 is 15.4 Å². The highest BCUT2D eigenvalue weighted by atomic mass is 16.5. The molecule has 3 nitrogen and oxygen atoms in total. The topological polar surface area (TPSA) is 38.5 Å². The van der Waals surface area contributed by atoms with E-state index in [4.69, 9.17) is 10.5 Å². The highest BCUT2D eigenvalue weighted by Crippen LogP contribution is 2.20. The Morgan fingerprint density at radius 2 is 1.75 bits per heavy atom. The first-order chi connectivity index (χ1) is 9.66. The fourth-order valence-electron chi connectivity index (χ4n) is 2.02. The van der Waals surface area contributed by atoms with E-state index in [1.807, 2.05) is 24.3 Å². The van der Waals surface area contributed by atoms with Gasteiger partial charge in [-0.05, 0) is 37.6 Å². The third kappa shape index (κ3) is 3.92.